The molecule has 0 aliphatic heterocycles. The molecule has 0 unspecified atom stereocenters. The fourth-order valence-electron chi connectivity index (χ4n) is 3.17. The van der Waals surface area contributed by atoms with E-state index < -0.39 is 5.60 Å². The maximum Gasteiger partial charge on any atom is 0.307 e. The molecule has 3 rings (SSSR count). The van der Waals surface area contributed by atoms with Crippen molar-refractivity contribution in [3.05, 3.63) is 107 Å². The molecule has 0 atom stereocenters. The number of carbonyl (C=O) groups is 1. The second-order valence-electron chi connectivity index (χ2n) is 6.12. The Balaban J connectivity index is 2.31. The first-order valence-electron chi connectivity index (χ1n) is 8.76. The summed E-state index contributed by atoms with van der Waals surface area (Å²) in [6.07, 6.45) is 1.08. The van der Waals surface area contributed by atoms with Gasteiger partial charge in [0, 0.05) is 28.1 Å². The third kappa shape index (κ3) is 3.51. The van der Waals surface area contributed by atoms with Gasteiger partial charge in [0.15, 0.2) is 5.60 Å². The highest BCUT2D eigenvalue weighted by atomic mass is 35.5. The molecular formula is C23H21ClO2. The number of carbonyl (C=O) groups excluding carboxylic acids is 1. The van der Waals surface area contributed by atoms with Gasteiger partial charge in [0.1, 0.15) is 0 Å². The van der Waals surface area contributed by atoms with Gasteiger partial charge in [-0.15, -0.1) is 0 Å². The number of halogens is 1. The Morgan fingerprint density at radius 3 is 1.85 bits per heavy atom. The van der Waals surface area contributed by atoms with Gasteiger partial charge < -0.3 is 4.74 Å². The number of rotatable bonds is 6. The van der Waals surface area contributed by atoms with Gasteiger partial charge in [-0.3, -0.25) is 4.79 Å². The smallest absolute Gasteiger partial charge is 0.307 e. The highest BCUT2D eigenvalue weighted by Crippen LogP contribution is 2.43. The molecule has 0 spiro atoms. The summed E-state index contributed by atoms with van der Waals surface area (Å²) < 4.78 is 6.19. The average Bonchev–Trinajstić information content (AvgIpc) is 2.68. The zero-order chi connectivity index (χ0) is 18.4. The zero-order valence-electron chi connectivity index (χ0n) is 14.7. The van der Waals surface area contributed by atoms with Gasteiger partial charge in [-0.25, -0.2) is 0 Å². The van der Waals surface area contributed by atoms with Crippen LogP contribution in [-0.2, 0) is 15.1 Å². The van der Waals surface area contributed by atoms with Gasteiger partial charge in [0.2, 0.25) is 0 Å². The lowest BCUT2D eigenvalue weighted by Gasteiger charge is -2.36. The molecule has 3 heteroatoms. The van der Waals surface area contributed by atoms with Crippen LogP contribution < -0.4 is 0 Å². The number of ether oxygens (including phenoxy) is 1. The van der Waals surface area contributed by atoms with E-state index in [1.807, 2.05) is 91.9 Å². The van der Waals surface area contributed by atoms with Crippen molar-refractivity contribution < 1.29 is 9.53 Å². The van der Waals surface area contributed by atoms with Crippen molar-refractivity contribution in [2.75, 3.05) is 0 Å². The molecule has 0 N–H and O–H groups in total. The van der Waals surface area contributed by atoms with Crippen molar-refractivity contribution in [3.8, 4) is 0 Å². The standard InChI is InChI=1S/C23H21ClO2/c1-2-11-22(25)26-23(18-12-5-3-6-13-18,19-14-7-4-8-15-19)20-16-9-10-17-21(20)24/h3-10,12-17H,2,11H2,1H3. The van der Waals surface area contributed by atoms with Crippen LogP contribution in [0.5, 0.6) is 0 Å². The number of hydrogen-bond donors (Lipinski definition) is 0. The lowest BCUT2D eigenvalue weighted by atomic mass is 9.80. The molecular weight excluding hydrogens is 344 g/mol. The molecule has 0 saturated carbocycles. The van der Waals surface area contributed by atoms with Crippen LogP contribution in [0.3, 0.4) is 0 Å². The van der Waals surface area contributed by atoms with Crippen molar-refractivity contribution in [1.82, 2.24) is 0 Å². The summed E-state index contributed by atoms with van der Waals surface area (Å²) in [6, 6.07) is 27.1. The molecule has 0 radical (unpaired) electrons. The van der Waals surface area contributed by atoms with Crippen LogP contribution in [0, 0.1) is 0 Å². The van der Waals surface area contributed by atoms with E-state index in [4.69, 9.17) is 16.3 Å². The van der Waals surface area contributed by atoms with E-state index >= 15 is 0 Å². The lowest BCUT2D eigenvalue weighted by molar-refractivity contribution is -0.153. The Bertz CT molecular complexity index is 820. The van der Waals surface area contributed by atoms with Gasteiger partial charge in [-0.1, -0.05) is 97.4 Å². The highest BCUT2D eigenvalue weighted by molar-refractivity contribution is 6.31. The van der Waals surface area contributed by atoms with Crippen molar-refractivity contribution in [2.24, 2.45) is 0 Å². The molecule has 3 aromatic carbocycles. The molecule has 0 fully saturated rings. The topological polar surface area (TPSA) is 26.3 Å². The minimum Gasteiger partial charge on any atom is -0.444 e. The Labute approximate surface area is 159 Å². The summed E-state index contributed by atoms with van der Waals surface area (Å²) in [7, 11) is 0. The van der Waals surface area contributed by atoms with E-state index in [1.165, 1.54) is 0 Å². The summed E-state index contributed by atoms with van der Waals surface area (Å²) in [4.78, 5) is 12.6. The summed E-state index contributed by atoms with van der Waals surface area (Å²) in [5.74, 6) is -0.250. The van der Waals surface area contributed by atoms with Gasteiger partial charge in [-0.05, 0) is 12.5 Å². The van der Waals surface area contributed by atoms with Gasteiger partial charge >= 0.3 is 5.97 Å². The molecule has 132 valence electrons. The molecule has 26 heavy (non-hydrogen) atoms. The van der Waals surface area contributed by atoms with Crippen LogP contribution in [0.2, 0.25) is 5.02 Å². The van der Waals surface area contributed by atoms with Gasteiger partial charge in [0.05, 0.1) is 0 Å². The zero-order valence-corrected chi connectivity index (χ0v) is 15.4. The van der Waals surface area contributed by atoms with E-state index in [-0.39, 0.29) is 5.97 Å². The predicted octanol–water partition coefficient (Wildman–Crippen LogP) is 5.98. The normalized spacial score (nSPS) is 11.2. The van der Waals surface area contributed by atoms with E-state index in [1.54, 1.807) is 0 Å². The van der Waals surface area contributed by atoms with Crippen LogP contribution in [-0.4, -0.2) is 5.97 Å². The van der Waals surface area contributed by atoms with E-state index in [0.717, 1.165) is 23.1 Å². The molecule has 0 heterocycles. The minimum absolute atomic E-state index is 0.250. The summed E-state index contributed by atoms with van der Waals surface area (Å²) in [5.41, 5.74) is 1.39. The van der Waals surface area contributed by atoms with E-state index in [2.05, 4.69) is 0 Å². The monoisotopic (exact) mass is 364 g/mol. The molecule has 0 amide bonds. The fraction of sp³-hybridized carbons (Fsp3) is 0.174. The number of hydrogen-bond acceptors (Lipinski definition) is 2. The molecule has 0 bridgehead atoms. The summed E-state index contributed by atoms with van der Waals surface area (Å²) in [6.45, 7) is 1.96. The number of esters is 1. The summed E-state index contributed by atoms with van der Waals surface area (Å²) >= 11 is 6.58. The Hall–Kier alpha value is -2.58. The first-order valence-corrected chi connectivity index (χ1v) is 9.14. The fourth-order valence-corrected chi connectivity index (χ4v) is 3.44. The molecule has 0 aromatic heterocycles. The van der Waals surface area contributed by atoms with Crippen LogP contribution >= 0.6 is 11.6 Å². The van der Waals surface area contributed by atoms with Crippen molar-refractivity contribution in [1.29, 1.82) is 0 Å². The maximum absolute atomic E-state index is 12.6. The molecule has 3 aromatic rings. The van der Waals surface area contributed by atoms with Crippen molar-refractivity contribution in [2.45, 2.75) is 25.4 Å². The largest absolute Gasteiger partial charge is 0.444 e. The lowest BCUT2D eigenvalue weighted by Crippen LogP contribution is -2.35. The van der Waals surface area contributed by atoms with Crippen molar-refractivity contribution in [3.63, 3.8) is 0 Å². The van der Waals surface area contributed by atoms with Crippen LogP contribution in [0.15, 0.2) is 84.9 Å². The van der Waals surface area contributed by atoms with Gasteiger partial charge in [-0.2, -0.15) is 0 Å². The van der Waals surface area contributed by atoms with Crippen LogP contribution in [0.25, 0.3) is 0 Å². The second kappa shape index (κ2) is 8.20. The van der Waals surface area contributed by atoms with E-state index in [9.17, 15) is 4.79 Å². The SMILES string of the molecule is CCCC(=O)OC(c1ccccc1)(c1ccccc1)c1ccccc1Cl. The first kappa shape index (κ1) is 18.2. The average molecular weight is 365 g/mol. The third-order valence-corrected chi connectivity index (χ3v) is 4.66. The molecule has 0 aliphatic rings. The van der Waals surface area contributed by atoms with Gasteiger partial charge in [0.25, 0.3) is 0 Å². The second-order valence-corrected chi connectivity index (χ2v) is 6.52. The summed E-state index contributed by atoms with van der Waals surface area (Å²) in [5, 5.41) is 0.560. The van der Waals surface area contributed by atoms with Crippen molar-refractivity contribution >= 4 is 17.6 Å². The number of benzene rings is 3. The Kier molecular flexibility index (Phi) is 5.75. The third-order valence-electron chi connectivity index (χ3n) is 4.33. The minimum atomic E-state index is -1.09. The van der Waals surface area contributed by atoms with Crippen LogP contribution in [0.1, 0.15) is 36.5 Å². The molecule has 0 saturated heterocycles. The van der Waals surface area contributed by atoms with Crippen LogP contribution in [0.4, 0.5) is 0 Å². The quantitative estimate of drug-likeness (QED) is 0.397. The first-order chi connectivity index (χ1) is 12.7. The molecule has 0 aliphatic carbocycles. The Morgan fingerprint density at radius 1 is 0.846 bits per heavy atom. The predicted molar refractivity (Wildman–Crippen MR) is 105 cm³/mol. The maximum atomic E-state index is 12.6. The van der Waals surface area contributed by atoms with E-state index in [0.29, 0.717) is 11.4 Å². The highest BCUT2D eigenvalue weighted by Gasteiger charge is 2.41. The molecule has 2 nitrogen and oxygen atoms in total. The Morgan fingerprint density at radius 2 is 1.35 bits per heavy atom.